The van der Waals surface area contributed by atoms with Crippen LogP contribution < -0.4 is 5.73 Å². The third kappa shape index (κ3) is 2.61. The molecule has 0 heterocycles. The largest absolute Gasteiger partial charge is 0.508 e. The van der Waals surface area contributed by atoms with Crippen LogP contribution in [0.2, 0.25) is 0 Å². The van der Waals surface area contributed by atoms with Gasteiger partial charge in [-0.2, -0.15) is 0 Å². The van der Waals surface area contributed by atoms with Crippen LogP contribution in [-0.2, 0) is 11.2 Å². The molecule has 2 atom stereocenters. The highest BCUT2D eigenvalue weighted by molar-refractivity contribution is 5.83. The SMILES string of the molecule is NC1CCC(C(=O)Cc2ccc(O)cc2)C1. The predicted molar refractivity (Wildman–Crippen MR) is 62.1 cm³/mol. The van der Waals surface area contributed by atoms with Crippen molar-refractivity contribution in [2.45, 2.75) is 31.7 Å². The predicted octanol–water partition coefficient (Wildman–Crippen LogP) is 1.63. The van der Waals surface area contributed by atoms with Gasteiger partial charge in [-0.1, -0.05) is 12.1 Å². The number of phenolic OH excluding ortho intramolecular Hbond substituents is 1. The molecule has 1 aromatic rings. The maximum Gasteiger partial charge on any atom is 0.140 e. The van der Waals surface area contributed by atoms with Crippen molar-refractivity contribution >= 4 is 5.78 Å². The van der Waals surface area contributed by atoms with Crippen molar-refractivity contribution < 1.29 is 9.90 Å². The lowest BCUT2D eigenvalue weighted by Crippen LogP contribution is -2.19. The van der Waals surface area contributed by atoms with Crippen LogP contribution in [0.4, 0.5) is 0 Å². The Kier molecular flexibility index (Phi) is 3.25. The number of carbonyl (C=O) groups is 1. The molecule has 0 aliphatic heterocycles. The van der Waals surface area contributed by atoms with Crippen LogP contribution >= 0.6 is 0 Å². The Labute approximate surface area is 95.3 Å². The number of rotatable bonds is 3. The van der Waals surface area contributed by atoms with Crippen molar-refractivity contribution in [1.82, 2.24) is 0 Å². The minimum atomic E-state index is 0.142. The number of benzene rings is 1. The zero-order valence-corrected chi connectivity index (χ0v) is 9.23. The first-order valence-corrected chi connectivity index (χ1v) is 5.71. The molecule has 2 rings (SSSR count). The average molecular weight is 219 g/mol. The molecule has 1 aliphatic carbocycles. The van der Waals surface area contributed by atoms with Gasteiger partial charge in [-0.3, -0.25) is 4.79 Å². The second-order valence-electron chi connectivity index (χ2n) is 4.58. The molecule has 2 unspecified atom stereocenters. The van der Waals surface area contributed by atoms with Gasteiger partial charge in [0.2, 0.25) is 0 Å². The minimum absolute atomic E-state index is 0.142. The highest BCUT2D eigenvalue weighted by Crippen LogP contribution is 2.26. The molecule has 16 heavy (non-hydrogen) atoms. The van der Waals surface area contributed by atoms with E-state index in [1.807, 2.05) is 0 Å². The van der Waals surface area contributed by atoms with Crippen molar-refractivity contribution in [2.24, 2.45) is 11.7 Å². The Hall–Kier alpha value is -1.35. The Bertz CT molecular complexity index is 372. The summed E-state index contributed by atoms with van der Waals surface area (Å²) in [5, 5.41) is 9.14. The third-order valence-electron chi connectivity index (χ3n) is 3.24. The van der Waals surface area contributed by atoms with E-state index in [-0.39, 0.29) is 23.5 Å². The van der Waals surface area contributed by atoms with Crippen LogP contribution in [0, 0.1) is 5.92 Å². The molecule has 0 spiro atoms. The summed E-state index contributed by atoms with van der Waals surface area (Å²) in [5.74, 6) is 0.654. The van der Waals surface area contributed by atoms with Crippen LogP contribution in [0.3, 0.4) is 0 Å². The van der Waals surface area contributed by atoms with E-state index in [1.54, 1.807) is 24.3 Å². The highest BCUT2D eigenvalue weighted by Gasteiger charge is 2.27. The first-order chi connectivity index (χ1) is 7.65. The summed E-state index contributed by atoms with van der Waals surface area (Å²) < 4.78 is 0. The molecule has 86 valence electrons. The lowest BCUT2D eigenvalue weighted by atomic mass is 9.96. The first-order valence-electron chi connectivity index (χ1n) is 5.71. The molecule has 1 aromatic carbocycles. The number of ketones is 1. The molecule has 0 radical (unpaired) electrons. The lowest BCUT2D eigenvalue weighted by Gasteiger charge is -2.08. The fraction of sp³-hybridized carbons (Fsp3) is 0.462. The van der Waals surface area contributed by atoms with Crippen molar-refractivity contribution in [1.29, 1.82) is 0 Å². The molecule has 3 N–H and O–H groups in total. The monoisotopic (exact) mass is 219 g/mol. The van der Waals surface area contributed by atoms with Gasteiger partial charge < -0.3 is 10.8 Å². The fourth-order valence-electron chi connectivity index (χ4n) is 2.27. The van der Waals surface area contributed by atoms with Gasteiger partial charge in [-0.15, -0.1) is 0 Å². The van der Waals surface area contributed by atoms with Crippen LogP contribution in [0.15, 0.2) is 24.3 Å². The van der Waals surface area contributed by atoms with Crippen LogP contribution in [-0.4, -0.2) is 16.9 Å². The van der Waals surface area contributed by atoms with E-state index in [4.69, 9.17) is 10.8 Å². The normalized spacial score (nSPS) is 24.6. The van der Waals surface area contributed by atoms with E-state index in [1.165, 1.54) is 0 Å². The maximum absolute atomic E-state index is 11.9. The number of hydrogen-bond acceptors (Lipinski definition) is 3. The van der Waals surface area contributed by atoms with Crippen LogP contribution in [0.25, 0.3) is 0 Å². The van der Waals surface area contributed by atoms with E-state index in [9.17, 15) is 4.79 Å². The molecule has 0 bridgehead atoms. The number of Topliss-reactive ketones (excluding diaryl/α,β-unsaturated/α-hetero) is 1. The molecule has 3 heteroatoms. The van der Waals surface area contributed by atoms with E-state index in [0.29, 0.717) is 6.42 Å². The quantitative estimate of drug-likeness (QED) is 0.812. The van der Waals surface area contributed by atoms with Gasteiger partial charge in [0.1, 0.15) is 11.5 Å². The maximum atomic E-state index is 11.9. The fourth-order valence-corrected chi connectivity index (χ4v) is 2.27. The molecule has 1 saturated carbocycles. The number of phenols is 1. The Balaban J connectivity index is 1.94. The number of carbonyl (C=O) groups excluding carboxylic acids is 1. The van der Waals surface area contributed by atoms with E-state index in [0.717, 1.165) is 24.8 Å². The summed E-state index contributed by atoms with van der Waals surface area (Å²) in [6.07, 6.45) is 3.18. The average Bonchev–Trinajstić information content (AvgIpc) is 2.68. The zero-order valence-electron chi connectivity index (χ0n) is 9.23. The highest BCUT2D eigenvalue weighted by atomic mass is 16.3. The summed E-state index contributed by atoms with van der Waals surface area (Å²) in [6.45, 7) is 0. The van der Waals surface area contributed by atoms with Gasteiger partial charge >= 0.3 is 0 Å². The van der Waals surface area contributed by atoms with E-state index >= 15 is 0 Å². The first kappa shape index (κ1) is 11.1. The molecular weight excluding hydrogens is 202 g/mol. The Morgan fingerprint density at radius 2 is 2.00 bits per heavy atom. The molecule has 0 saturated heterocycles. The Morgan fingerprint density at radius 3 is 2.56 bits per heavy atom. The topological polar surface area (TPSA) is 63.3 Å². The smallest absolute Gasteiger partial charge is 0.140 e. The van der Waals surface area contributed by atoms with Crippen molar-refractivity contribution in [2.75, 3.05) is 0 Å². The van der Waals surface area contributed by atoms with E-state index in [2.05, 4.69) is 0 Å². The number of nitrogens with two attached hydrogens (primary N) is 1. The van der Waals surface area contributed by atoms with E-state index < -0.39 is 0 Å². The molecule has 0 amide bonds. The molecule has 3 nitrogen and oxygen atoms in total. The van der Waals surface area contributed by atoms with Gasteiger partial charge in [0.25, 0.3) is 0 Å². The van der Waals surface area contributed by atoms with Gasteiger partial charge in [-0.05, 0) is 37.0 Å². The Morgan fingerprint density at radius 1 is 1.31 bits per heavy atom. The summed E-state index contributed by atoms with van der Waals surface area (Å²) in [7, 11) is 0. The number of hydrogen-bond donors (Lipinski definition) is 2. The zero-order chi connectivity index (χ0) is 11.5. The van der Waals surface area contributed by atoms with Crippen LogP contribution in [0.5, 0.6) is 5.75 Å². The van der Waals surface area contributed by atoms with Crippen molar-refractivity contribution in [3.63, 3.8) is 0 Å². The second-order valence-corrected chi connectivity index (χ2v) is 4.58. The molecule has 1 fully saturated rings. The van der Waals surface area contributed by atoms with Crippen molar-refractivity contribution in [3.8, 4) is 5.75 Å². The standard InChI is InChI=1S/C13H17NO2/c14-11-4-3-10(8-11)13(16)7-9-1-5-12(15)6-2-9/h1-2,5-6,10-11,15H,3-4,7-8,14H2. The summed E-state index contributed by atoms with van der Waals surface area (Å²) in [6, 6.07) is 7.02. The van der Waals surface area contributed by atoms with Gasteiger partial charge in [-0.25, -0.2) is 0 Å². The summed E-state index contributed by atoms with van der Waals surface area (Å²) in [5.41, 5.74) is 6.75. The van der Waals surface area contributed by atoms with Gasteiger partial charge in [0.15, 0.2) is 0 Å². The van der Waals surface area contributed by atoms with Gasteiger partial charge in [0.05, 0.1) is 0 Å². The summed E-state index contributed by atoms with van der Waals surface area (Å²) >= 11 is 0. The second kappa shape index (κ2) is 4.66. The molecule has 1 aliphatic rings. The van der Waals surface area contributed by atoms with Crippen molar-refractivity contribution in [3.05, 3.63) is 29.8 Å². The lowest BCUT2D eigenvalue weighted by molar-refractivity contribution is -0.122. The number of aromatic hydroxyl groups is 1. The third-order valence-corrected chi connectivity index (χ3v) is 3.24. The molecular formula is C13H17NO2. The molecule has 0 aromatic heterocycles. The van der Waals surface area contributed by atoms with Gasteiger partial charge in [0, 0.05) is 18.4 Å². The minimum Gasteiger partial charge on any atom is -0.508 e. The summed E-state index contributed by atoms with van der Waals surface area (Å²) in [4.78, 5) is 11.9. The van der Waals surface area contributed by atoms with Crippen LogP contribution in [0.1, 0.15) is 24.8 Å².